The highest BCUT2D eigenvalue weighted by molar-refractivity contribution is 5.90. The summed E-state index contributed by atoms with van der Waals surface area (Å²) in [4.78, 5) is 22.4. The maximum Gasteiger partial charge on any atom is 0.321 e. The summed E-state index contributed by atoms with van der Waals surface area (Å²) in [5, 5.41) is 2.86. The standard InChI is InChI=1S/C18H22N4O5/c1-24-14-5-4-12(10-15(14)25-2)21-18(23)22-9-6-13(11-22)27-17-16(26-3)19-7-8-20-17/h4-5,7-8,10,13H,6,9,11H2,1-3H3,(H,21,23). The molecule has 1 aliphatic heterocycles. The summed E-state index contributed by atoms with van der Waals surface area (Å²) in [6.45, 7) is 1.02. The molecule has 2 amide bonds. The highest BCUT2D eigenvalue weighted by atomic mass is 16.5. The number of hydrogen-bond acceptors (Lipinski definition) is 7. The van der Waals surface area contributed by atoms with Crippen molar-refractivity contribution in [3.05, 3.63) is 30.6 Å². The Labute approximate surface area is 157 Å². The molecule has 1 fully saturated rings. The molecule has 0 saturated carbocycles. The monoisotopic (exact) mass is 374 g/mol. The van der Waals surface area contributed by atoms with Crippen LogP contribution in [0.1, 0.15) is 6.42 Å². The summed E-state index contributed by atoms with van der Waals surface area (Å²) >= 11 is 0. The number of ether oxygens (including phenoxy) is 4. The van der Waals surface area contributed by atoms with Crippen molar-refractivity contribution in [1.82, 2.24) is 14.9 Å². The summed E-state index contributed by atoms with van der Waals surface area (Å²) in [5.41, 5.74) is 0.623. The van der Waals surface area contributed by atoms with Crippen LogP contribution in [-0.2, 0) is 0 Å². The molecule has 0 spiro atoms. The van der Waals surface area contributed by atoms with E-state index in [0.29, 0.717) is 48.5 Å². The number of aromatic nitrogens is 2. The average molecular weight is 374 g/mol. The van der Waals surface area contributed by atoms with Crippen molar-refractivity contribution >= 4 is 11.7 Å². The van der Waals surface area contributed by atoms with E-state index < -0.39 is 0 Å². The molecular weight excluding hydrogens is 352 g/mol. The van der Waals surface area contributed by atoms with Crippen LogP contribution in [0.25, 0.3) is 0 Å². The average Bonchev–Trinajstić information content (AvgIpc) is 3.17. The van der Waals surface area contributed by atoms with Gasteiger partial charge in [-0.3, -0.25) is 0 Å². The van der Waals surface area contributed by atoms with Gasteiger partial charge in [0.15, 0.2) is 11.5 Å². The maximum absolute atomic E-state index is 12.5. The smallest absolute Gasteiger partial charge is 0.321 e. The number of amides is 2. The van der Waals surface area contributed by atoms with Gasteiger partial charge in [-0.05, 0) is 12.1 Å². The molecule has 9 nitrogen and oxygen atoms in total. The lowest BCUT2D eigenvalue weighted by molar-refractivity contribution is 0.182. The number of carbonyl (C=O) groups excluding carboxylic acids is 1. The molecule has 0 bridgehead atoms. The lowest BCUT2D eigenvalue weighted by atomic mass is 10.3. The zero-order valence-corrected chi connectivity index (χ0v) is 15.5. The number of carbonyl (C=O) groups is 1. The Kier molecular flexibility index (Phi) is 5.80. The molecule has 1 aromatic carbocycles. The molecule has 1 unspecified atom stereocenters. The third-order valence-electron chi connectivity index (χ3n) is 4.17. The topological polar surface area (TPSA) is 95.0 Å². The number of hydrogen-bond donors (Lipinski definition) is 1. The fraction of sp³-hybridized carbons (Fsp3) is 0.389. The second-order valence-corrected chi connectivity index (χ2v) is 5.85. The predicted molar refractivity (Wildman–Crippen MR) is 97.8 cm³/mol. The fourth-order valence-electron chi connectivity index (χ4n) is 2.82. The fourth-order valence-corrected chi connectivity index (χ4v) is 2.82. The van der Waals surface area contributed by atoms with E-state index in [2.05, 4.69) is 15.3 Å². The number of rotatable bonds is 6. The van der Waals surface area contributed by atoms with Gasteiger partial charge in [0.2, 0.25) is 0 Å². The number of nitrogens with zero attached hydrogens (tertiary/aromatic N) is 3. The van der Waals surface area contributed by atoms with Gasteiger partial charge in [-0.15, -0.1) is 0 Å². The third-order valence-corrected chi connectivity index (χ3v) is 4.17. The molecule has 9 heteroatoms. The first-order valence-electron chi connectivity index (χ1n) is 8.44. The molecule has 2 aromatic rings. The first-order valence-corrected chi connectivity index (χ1v) is 8.44. The van der Waals surface area contributed by atoms with Gasteiger partial charge in [0.25, 0.3) is 11.8 Å². The minimum atomic E-state index is -0.209. The normalized spacial score (nSPS) is 16.0. The van der Waals surface area contributed by atoms with Gasteiger partial charge in [0, 0.05) is 37.1 Å². The Morgan fingerprint density at radius 2 is 1.81 bits per heavy atom. The highest BCUT2D eigenvalue weighted by Crippen LogP contribution is 2.30. The Morgan fingerprint density at radius 1 is 1.07 bits per heavy atom. The van der Waals surface area contributed by atoms with Crippen LogP contribution in [0.4, 0.5) is 10.5 Å². The Balaban J connectivity index is 1.59. The second kappa shape index (κ2) is 8.43. The molecule has 1 aliphatic rings. The van der Waals surface area contributed by atoms with Crippen LogP contribution in [0.3, 0.4) is 0 Å². The number of nitrogens with one attached hydrogen (secondary N) is 1. The summed E-state index contributed by atoms with van der Waals surface area (Å²) in [5.74, 6) is 1.80. The SMILES string of the molecule is COc1ccc(NC(=O)N2CCC(Oc3nccnc3OC)C2)cc1OC. The third kappa shape index (κ3) is 4.30. The number of anilines is 1. The number of methoxy groups -OCH3 is 3. The molecule has 1 saturated heterocycles. The predicted octanol–water partition coefficient (Wildman–Crippen LogP) is 2.19. The second-order valence-electron chi connectivity index (χ2n) is 5.85. The Hall–Kier alpha value is -3.23. The molecule has 2 heterocycles. The van der Waals surface area contributed by atoms with Crippen molar-refractivity contribution in [1.29, 1.82) is 0 Å². The first-order chi connectivity index (χ1) is 13.1. The zero-order valence-electron chi connectivity index (χ0n) is 15.5. The van der Waals surface area contributed by atoms with Gasteiger partial charge >= 0.3 is 6.03 Å². The minimum absolute atomic E-state index is 0.174. The molecule has 0 radical (unpaired) electrons. The van der Waals surface area contributed by atoms with E-state index in [4.69, 9.17) is 18.9 Å². The minimum Gasteiger partial charge on any atom is -0.493 e. The van der Waals surface area contributed by atoms with Gasteiger partial charge < -0.3 is 29.2 Å². The number of benzene rings is 1. The van der Waals surface area contributed by atoms with E-state index in [1.165, 1.54) is 19.5 Å². The van der Waals surface area contributed by atoms with Crippen molar-refractivity contribution in [3.8, 4) is 23.3 Å². The summed E-state index contributed by atoms with van der Waals surface area (Å²) in [6, 6.07) is 5.00. The molecule has 1 aromatic heterocycles. The Bertz CT molecular complexity index is 801. The van der Waals surface area contributed by atoms with Crippen LogP contribution in [0.15, 0.2) is 30.6 Å². The van der Waals surface area contributed by atoms with E-state index in [-0.39, 0.29) is 12.1 Å². The van der Waals surface area contributed by atoms with Crippen LogP contribution in [0.5, 0.6) is 23.3 Å². The quantitative estimate of drug-likeness (QED) is 0.828. The van der Waals surface area contributed by atoms with E-state index in [0.717, 1.165) is 0 Å². The van der Waals surface area contributed by atoms with Crippen LogP contribution in [0, 0.1) is 0 Å². The van der Waals surface area contributed by atoms with Crippen LogP contribution in [0.2, 0.25) is 0 Å². The van der Waals surface area contributed by atoms with Crippen molar-refractivity contribution in [2.75, 3.05) is 39.7 Å². The number of likely N-dealkylation sites (tertiary alicyclic amines) is 1. The lowest BCUT2D eigenvalue weighted by Gasteiger charge is -2.18. The van der Waals surface area contributed by atoms with E-state index in [9.17, 15) is 4.79 Å². The van der Waals surface area contributed by atoms with Crippen LogP contribution < -0.4 is 24.3 Å². The maximum atomic E-state index is 12.5. The first kappa shape index (κ1) is 18.6. The van der Waals surface area contributed by atoms with Gasteiger partial charge in [-0.1, -0.05) is 0 Å². The van der Waals surface area contributed by atoms with Crippen LogP contribution >= 0.6 is 0 Å². The van der Waals surface area contributed by atoms with Gasteiger partial charge in [0.1, 0.15) is 6.10 Å². The lowest BCUT2D eigenvalue weighted by Crippen LogP contribution is -2.34. The Morgan fingerprint density at radius 3 is 2.52 bits per heavy atom. The van der Waals surface area contributed by atoms with Crippen molar-refractivity contribution in [2.24, 2.45) is 0 Å². The molecule has 3 rings (SSSR count). The molecule has 1 N–H and O–H groups in total. The van der Waals surface area contributed by atoms with Crippen LogP contribution in [-0.4, -0.2) is 61.4 Å². The van der Waals surface area contributed by atoms with Crippen molar-refractivity contribution in [2.45, 2.75) is 12.5 Å². The van der Waals surface area contributed by atoms with E-state index in [1.807, 2.05) is 0 Å². The summed E-state index contributed by atoms with van der Waals surface area (Å²) < 4.78 is 21.4. The van der Waals surface area contributed by atoms with Crippen molar-refractivity contribution in [3.63, 3.8) is 0 Å². The van der Waals surface area contributed by atoms with Crippen molar-refractivity contribution < 1.29 is 23.7 Å². The zero-order chi connectivity index (χ0) is 19.2. The molecular formula is C18H22N4O5. The highest BCUT2D eigenvalue weighted by Gasteiger charge is 2.29. The van der Waals surface area contributed by atoms with E-state index >= 15 is 0 Å². The molecule has 144 valence electrons. The van der Waals surface area contributed by atoms with E-state index in [1.54, 1.807) is 37.3 Å². The number of urea groups is 1. The molecule has 1 atom stereocenters. The molecule has 0 aliphatic carbocycles. The molecule has 27 heavy (non-hydrogen) atoms. The summed E-state index contributed by atoms with van der Waals surface area (Å²) in [7, 11) is 4.62. The van der Waals surface area contributed by atoms with Gasteiger partial charge in [-0.2, -0.15) is 0 Å². The largest absolute Gasteiger partial charge is 0.493 e. The van der Waals surface area contributed by atoms with Gasteiger partial charge in [-0.25, -0.2) is 14.8 Å². The summed E-state index contributed by atoms with van der Waals surface area (Å²) in [6.07, 6.45) is 3.59. The van der Waals surface area contributed by atoms with Gasteiger partial charge in [0.05, 0.1) is 27.9 Å².